The Kier molecular flexibility index (Phi) is 5.69. The molecule has 1 aromatic carbocycles. The lowest BCUT2D eigenvalue weighted by Gasteiger charge is -2.23. The van der Waals surface area contributed by atoms with E-state index in [1.165, 1.54) is 17.7 Å². The van der Waals surface area contributed by atoms with Crippen LogP contribution in [0.25, 0.3) is 0 Å². The fourth-order valence-corrected chi connectivity index (χ4v) is 2.83. The quantitative estimate of drug-likeness (QED) is 0.618. The Hall–Kier alpha value is -2.17. The first-order valence-electron chi connectivity index (χ1n) is 7.74. The van der Waals surface area contributed by atoms with Crippen molar-refractivity contribution < 1.29 is 14.4 Å². The Morgan fingerprint density at radius 1 is 1.27 bits per heavy atom. The minimum atomic E-state index is -0.816. The Morgan fingerprint density at radius 2 is 1.91 bits per heavy atom. The largest absolute Gasteiger partial charge is 0.349 e. The van der Waals surface area contributed by atoms with Crippen molar-refractivity contribution in [3.63, 3.8) is 0 Å². The number of rotatable bonds is 7. The number of hydrogen-bond donors (Lipinski definition) is 1. The molecule has 0 saturated heterocycles. The van der Waals surface area contributed by atoms with Gasteiger partial charge in [0.15, 0.2) is 0 Å². The number of anilines is 1. The molecule has 1 saturated carbocycles. The summed E-state index contributed by atoms with van der Waals surface area (Å²) in [6.07, 6.45) is 5.18. The van der Waals surface area contributed by atoms with Crippen molar-refractivity contribution in [3.05, 3.63) is 30.3 Å². The van der Waals surface area contributed by atoms with Gasteiger partial charge in [0.05, 0.1) is 0 Å². The number of ketones is 1. The van der Waals surface area contributed by atoms with Gasteiger partial charge in [-0.05, 0) is 37.8 Å². The lowest BCUT2D eigenvalue weighted by atomic mass is 10.1. The third kappa shape index (κ3) is 3.93. The second kappa shape index (κ2) is 7.73. The number of benzene rings is 1. The highest BCUT2D eigenvalue weighted by molar-refractivity contribution is 6.39. The molecule has 118 valence electrons. The van der Waals surface area contributed by atoms with Crippen LogP contribution >= 0.6 is 0 Å². The molecule has 0 aromatic heterocycles. The van der Waals surface area contributed by atoms with E-state index in [-0.39, 0.29) is 0 Å². The molecule has 0 heterocycles. The van der Waals surface area contributed by atoms with E-state index in [9.17, 15) is 14.4 Å². The van der Waals surface area contributed by atoms with Gasteiger partial charge >= 0.3 is 0 Å². The molecule has 1 unspecified atom stereocenters. The van der Waals surface area contributed by atoms with Crippen LogP contribution in [0, 0.1) is 5.92 Å². The molecule has 0 spiro atoms. The molecular formula is C17H22N2O3. The first-order chi connectivity index (χ1) is 10.6. The summed E-state index contributed by atoms with van der Waals surface area (Å²) < 4.78 is 0. The molecule has 5 nitrogen and oxygen atoms in total. The summed E-state index contributed by atoms with van der Waals surface area (Å²) in [5.74, 6) is -0.723. The van der Waals surface area contributed by atoms with Gasteiger partial charge < -0.3 is 10.2 Å². The molecular weight excluding hydrogens is 280 g/mol. The molecule has 1 fully saturated rings. The zero-order valence-corrected chi connectivity index (χ0v) is 12.8. The maximum atomic E-state index is 12.2. The molecule has 0 radical (unpaired) electrons. The number of hydrogen-bond acceptors (Lipinski definition) is 3. The van der Waals surface area contributed by atoms with Crippen LogP contribution in [0.2, 0.25) is 0 Å². The SMILES string of the molecule is CC(C(=O)C(=O)NCC1CCCC1)N(C=O)c1ccccc1. The minimum absolute atomic E-state index is 0.475. The molecule has 2 amide bonds. The summed E-state index contributed by atoms with van der Waals surface area (Å²) in [7, 11) is 0. The summed E-state index contributed by atoms with van der Waals surface area (Å²) >= 11 is 0. The van der Waals surface area contributed by atoms with Crippen molar-refractivity contribution in [1.29, 1.82) is 0 Å². The number of nitrogens with zero attached hydrogens (tertiary/aromatic N) is 1. The normalized spacial score (nSPS) is 16.0. The predicted octanol–water partition coefficient (Wildman–Crippen LogP) is 1.91. The average molecular weight is 302 g/mol. The van der Waals surface area contributed by atoms with E-state index in [4.69, 9.17) is 0 Å². The molecule has 1 N–H and O–H groups in total. The summed E-state index contributed by atoms with van der Waals surface area (Å²) in [6, 6.07) is 8.03. The van der Waals surface area contributed by atoms with Crippen molar-refractivity contribution in [1.82, 2.24) is 5.32 Å². The van der Waals surface area contributed by atoms with Crippen molar-refractivity contribution in [2.24, 2.45) is 5.92 Å². The van der Waals surface area contributed by atoms with E-state index in [1.54, 1.807) is 31.2 Å². The van der Waals surface area contributed by atoms with Crippen LogP contribution in [0.15, 0.2) is 30.3 Å². The van der Waals surface area contributed by atoms with Gasteiger partial charge in [-0.3, -0.25) is 14.4 Å². The molecule has 2 rings (SSSR count). The van der Waals surface area contributed by atoms with Gasteiger partial charge in [-0.2, -0.15) is 0 Å². The van der Waals surface area contributed by atoms with E-state index in [0.29, 0.717) is 24.6 Å². The van der Waals surface area contributed by atoms with Crippen LogP contribution in [0.5, 0.6) is 0 Å². The highest BCUT2D eigenvalue weighted by atomic mass is 16.2. The average Bonchev–Trinajstić information content (AvgIpc) is 3.07. The van der Waals surface area contributed by atoms with E-state index in [0.717, 1.165) is 12.8 Å². The molecule has 1 atom stereocenters. The van der Waals surface area contributed by atoms with Crippen LogP contribution in [-0.4, -0.2) is 30.7 Å². The molecule has 22 heavy (non-hydrogen) atoms. The van der Waals surface area contributed by atoms with E-state index in [1.807, 2.05) is 6.07 Å². The summed E-state index contributed by atoms with van der Waals surface area (Å²) in [6.45, 7) is 2.11. The van der Waals surface area contributed by atoms with Gasteiger partial charge in [0.2, 0.25) is 12.2 Å². The van der Waals surface area contributed by atoms with Crippen LogP contribution in [0.3, 0.4) is 0 Å². The number of nitrogens with one attached hydrogen (secondary N) is 1. The Balaban J connectivity index is 1.94. The molecule has 5 heteroatoms. The van der Waals surface area contributed by atoms with Crippen molar-refractivity contribution >= 4 is 23.8 Å². The standard InChI is InChI=1S/C17H22N2O3/c1-13(19(12-20)15-9-3-2-4-10-15)16(21)17(22)18-11-14-7-5-6-8-14/h2-4,9-10,12-14H,5-8,11H2,1H3,(H,18,22). The second-order valence-corrected chi connectivity index (χ2v) is 5.75. The molecule has 0 aliphatic heterocycles. The van der Waals surface area contributed by atoms with Gasteiger partial charge in [-0.25, -0.2) is 0 Å². The number of amides is 2. The predicted molar refractivity (Wildman–Crippen MR) is 84.4 cm³/mol. The van der Waals surface area contributed by atoms with Gasteiger partial charge in [-0.1, -0.05) is 31.0 Å². The first-order valence-corrected chi connectivity index (χ1v) is 7.74. The highest BCUT2D eigenvalue weighted by Crippen LogP contribution is 2.23. The van der Waals surface area contributed by atoms with Crippen LogP contribution in [-0.2, 0) is 14.4 Å². The van der Waals surface area contributed by atoms with Crippen LogP contribution in [0.4, 0.5) is 5.69 Å². The minimum Gasteiger partial charge on any atom is -0.349 e. The zero-order valence-electron chi connectivity index (χ0n) is 12.8. The first kappa shape index (κ1) is 16.2. The van der Waals surface area contributed by atoms with Crippen molar-refractivity contribution in [3.8, 4) is 0 Å². The number of carbonyl (C=O) groups excluding carboxylic acids is 3. The van der Waals surface area contributed by atoms with Gasteiger partial charge in [0.1, 0.15) is 6.04 Å². The second-order valence-electron chi connectivity index (χ2n) is 5.75. The molecule has 1 aliphatic rings. The van der Waals surface area contributed by atoms with Crippen LogP contribution in [0.1, 0.15) is 32.6 Å². The summed E-state index contributed by atoms with van der Waals surface area (Å²) in [4.78, 5) is 36.8. The van der Waals surface area contributed by atoms with Gasteiger partial charge in [-0.15, -0.1) is 0 Å². The lowest BCUT2D eigenvalue weighted by Crippen LogP contribution is -2.46. The fourth-order valence-electron chi connectivity index (χ4n) is 2.83. The summed E-state index contributed by atoms with van der Waals surface area (Å²) in [5, 5.41) is 2.70. The Labute approximate surface area is 130 Å². The van der Waals surface area contributed by atoms with Gasteiger partial charge in [0.25, 0.3) is 5.91 Å². The Bertz CT molecular complexity index is 524. The maximum absolute atomic E-state index is 12.2. The van der Waals surface area contributed by atoms with E-state index < -0.39 is 17.7 Å². The fraction of sp³-hybridized carbons (Fsp3) is 0.471. The maximum Gasteiger partial charge on any atom is 0.289 e. The van der Waals surface area contributed by atoms with Gasteiger partial charge in [0, 0.05) is 12.2 Å². The number of carbonyl (C=O) groups is 3. The van der Waals surface area contributed by atoms with Crippen molar-refractivity contribution in [2.75, 3.05) is 11.4 Å². The van der Waals surface area contributed by atoms with E-state index in [2.05, 4.69) is 5.32 Å². The van der Waals surface area contributed by atoms with Crippen LogP contribution < -0.4 is 10.2 Å². The molecule has 1 aliphatic carbocycles. The lowest BCUT2D eigenvalue weighted by molar-refractivity contribution is -0.138. The summed E-state index contributed by atoms with van der Waals surface area (Å²) in [5.41, 5.74) is 0.599. The molecule has 1 aromatic rings. The number of Topliss-reactive ketones (excluding diaryl/α,β-unsaturated/α-hetero) is 1. The number of para-hydroxylation sites is 1. The van der Waals surface area contributed by atoms with E-state index >= 15 is 0 Å². The topological polar surface area (TPSA) is 66.5 Å². The highest BCUT2D eigenvalue weighted by Gasteiger charge is 2.27. The third-order valence-corrected chi connectivity index (χ3v) is 4.21. The Morgan fingerprint density at radius 3 is 2.50 bits per heavy atom. The zero-order chi connectivity index (χ0) is 15.9. The molecule has 0 bridgehead atoms. The van der Waals surface area contributed by atoms with Crippen molar-refractivity contribution in [2.45, 2.75) is 38.6 Å². The third-order valence-electron chi connectivity index (χ3n) is 4.21. The smallest absolute Gasteiger partial charge is 0.289 e. The monoisotopic (exact) mass is 302 g/mol.